The molecule has 1 unspecified atom stereocenters. The normalized spacial score (nSPS) is 15.6. The number of aliphatic hydroxyl groups is 1. The van der Waals surface area contributed by atoms with Crippen LogP contribution in [-0.4, -0.2) is 11.5 Å². The summed E-state index contributed by atoms with van der Waals surface area (Å²) < 4.78 is 37.6. The molecule has 1 rings (SSSR count). The Morgan fingerprint density at radius 3 is 2.14 bits per heavy atom. The van der Waals surface area contributed by atoms with Crippen molar-refractivity contribution in [3.63, 3.8) is 0 Å². The summed E-state index contributed by atoms with van der Waals surface area (Å²) in [5, 5.41) is 9.59. The Morgan fingerprint density at radius 1 is 1.29 bits per heavy atom. The van der Waals surface area contributed by atoms with E-state index in [-0.39, 0.29) is 12.0 Å². The minimum atomic E-state index is -2.88. The second kappa shape index (κ2) is 4.00. The quantitative estimate of drug-likeness (QED) is 0.802. The predicted molar refractivity (Wildman–Crippen MR) is 46.6 cm³/mol. The van der Waals surface area contributed by atoms with Crippen LogP contribution in [0.3, 0.4) is 0 Å². The van der Waals surface area contributed by atoms with Gasteiger partial charge in [-0.15, -0.1) is 0 Å². The summed E-state index contributed by atoms with van der Waals surface area (Å²) in [6, 6.07) is 4.45. The van der Waals surface area contributed by atoms with Crippen molar-refractivity contribution in [2.45, 2.75) is 25.4 Å². The highest BCUT2D eigenvalue weighted by atomic mass is 19.3. The lowest BCUT2D eigenvalue weighted by atomic mass is 9.92. The van der Waals surface area contributed by atoms with Gasteiger partial charge in [-0.05, 0) is 24.1 Å². The Balaban J connectivity index is 3.06. The second-order valence-corrected chi connectivity index (χ2v) is 3.09. The van der Waals surface area contributed by atoms with Crippen LogP contribution in [0.4, 0.5) is 13.2 Å². The van der Waals surface area contributed by atoms with Crippen LogP contribution in [0.25, 0.3) is 0 Å². The number of hydrogen-bond donors (Lipinski definition) is 1. The maximum absolute atomic E-state index is 12.5. The number of rotatable bonds is 3. The summed E-state index contributed by atoms with van der Waals surface area (Å²) in [6.45, 7) is 1.45. The van der Waals surface area contributed by atoms with Gasteiger partial charge in [-0.25, -0.2) is 13.2 Å². The molecule has 0 amide bonds. The third-order valence-corrected chi connectivity index (χ3v) is 2.24. The highest BCUT2D eigenvalue weighted by Crippen LogP contribution is 2.31. The van der Waals surface area contributed by atoms with Crippen molar-refractivity contribution in [1.82, 2.24) is 0 Å². The van der Waals surface area contributed by atoms with Crippen LogP contribution in [-0.2, 0) is 5.60 Å². The van der Waals surface area contributed by atoms with Crippen molar-refractivity contribution in [2.75, 3.05) is 0 Å². The molecule has 0 aliphatic heterocycles. The number of hydrogen-bond acceptors (Lipinski definition) is 1. The van der Waals surface area contributed by atoms with E-state index in [1.807, 2.05) is 0 Å². The molecule has 0 spiro atoms. The Hall–Kier alpha value is -1.03. The molecule has 4 heteroatoms. The van der Waals surface area contributed by atoms with Crippen molar-refractivity contribution >= 4 is 0 Å². The van der Waals surface area contributed by atoms with Crippen molar-refractivity contribution in [2.24, 2.45) is 0 Å². The third kappa shape index (κ3) is 1.90. The lowest BCUT2D eigenvalue weighted by Crippen LogP contribution is -2.33. The van der Waals surface area contributed by atoms with Crippen LogP contribution in [0.2, 0.25) is 0 Å². The van der Waals surface area contributed by atoms with Crippen LogP contribution in [0.15, 0.2) is 24.3 Å². The fraction of sp³-hybridized carbons (Fsp3) is 0.400. The number of halogens is 3. The van der Waals surface area contributed by atoms with E-state index in [0.717, 1.165) is 12.1 Å². The molecule has 0 saturated carbocycles. The molecule has 0 fully saturated rings. The average molecular weight is 204 g/mol. The Morgan fingerprint density at radius 2 is 1.79 bits per heavy atom. The van der Waals surface area contributed by atoms with Gasteiger partial charge in [-0.3, -0.25) is 0 Å². The number of alkyl halides is 2. The molecule has 0 aliphatic rings. The fourth-order valence-electron chi connectivity index (χ4n) is 1.22. The van der Waals surface area contributed by atoms with Gasteiger partial charge in [-0.2, -0.15) is 0 Å². The van der Waals surface area contributed by atoms with E-state index in [1.165, 1.54) is 19.1 Å². The van der Waals surface area contributed by atoms with E-state index >= 15 is 0 Å². The largest absolute Gasteiger partial charge is 0.379 e. The van der Waals surface area contributed by atoms with Crippen LogP contribution in [0.1, 0.15) is 18.9 Å². The van der Waals surface area contributed by atoms with E-state index in [9.17, 15) is 18.3 Å². The first-order valence-corrected chi connectivity index (χ1v) is 4.27. The van der Waals surface area contributed by atoms with E-state index in [2.05, 4.69) is 0 Å². The van der Waals surface area contributed by atoms with Crippen molar-refractivity contribution in [3.8, 4) is 0 Å². The van der Waals surface area contributed by atoms with Gasteiger partial charge in [0.2, 0.25) is 0 Å². The summed E-state index contributed by atoms with van der Waals surface area (Å²) in [5.74, 6) is -0.513. The molecule has 1 N–H and O–H groups in total. The van der Waals surface area contributed by atoms with Gasteiger partial charge in [0.1, 0.15) is 11.4 Å². The Kier molecular flexibility index (Phi) is 3.16. The molecule has 78 valence electrons. The van der Waals surface area contributed by atoms with E-state index in [1.54, 1.807) is 0 Å². The molecule has 0 saturated heterocycles. The predicted octanol–water partition coefficient (Wildman–Crippen LogP) is 2.69. The molecule has 1 atom stereocenters. The standard InChI is InChI=1S/C10H11F3O/c1-2-10(14,9(12)13)7-3-5-8(11)6-4-7/h3-6,9,14H,2H2,1H3. The van der Waals surface area contributed by atoms with Gasteiger partial charge in [0.05, 0.1) is 0 Å². The maximum atomic E-state index is 12.5. The molecule has 1 aromatic carbocycles. The zero-order valence-corrected chi connectivity index (χ0v) is 7.67. The molecule has 0 radical (unpaired) electrons. The summed E-state index contributed by atoms with van der Waals surface area (Å²) in [5.41, 5.74) is -2.13. The average Bonchev–Trinajstić information content (AvgIpc) is 2.17. The molecule has 0 aliphatic carbocycles. The second-order valence-electron chi connectivity index (χ2n) is 3.09. The third-order valence-electron chi connectivity index (χ3n) is 2.24. The smallest absolute Gasteiger partial charge is 0.270 e. The Bertz CT molecular complexity index is 297. The van der Waals surface area contributed by atoms with Crippen molar-refractivity contribution in [1.29, 1.82) is 0 Å². The highest BCUT2D eigenvalue weighted by molar-refractivity contribution is 5.23. The SMILES string of the molecule is CCC(O)(c1ccc(F)cc1)C(F)F. The molecule has 0 heterocycles. The van der Waals surface area contributed by atoms with E-state index in [4.69, 9.17) is 0 Å². The van der Waals surface area contributed by atoms with Crippen LogP contribution in [0.5, 0.6) is 0 Å². The van der Waals surface area contributed by atoms with Gasteiger partial charge in [0.15, 0.2) is 0 Å². The van der Waals surface area contributed by atoms with Crippen LogP contribution < -0.4 is 0 Å². The van der Waals surface area contributed by atoms with Crippen molar-refractivity contribution in [3.05, 3.63) is 35.6 Å². The van der Waals surface area contributed by atoms with E-state index < -0.39 is 17.8 Å². The van der Waals surface area contributed by atoms with Gasteiger partial charge in [0, 0.05) is 0 Å². The summed E-state index contributed by atoms with van der Waals surface area (Å²) in [6.07, 6.45) is -2.99. The topological polar surface area (TPSA) is 20.2 Å². The molecule has 14 heavy (non-hydrogen) atoms. The summed E-state index contributed by atoms with van der Waals surface area (Å²) >= 11 is 0. The molecular formula is C10H11F3O. The molecule has 0 bridgehead atoms. The molecular weight excluding hydrogens is 193 g/mol. The lowest BCUT2D eigenvalue weighted by Gasteiger charge is -2.26. The first-order valence-electron chi connectivity index (χ1n) is 4.27. The summed E-state index contributed by atoms with van der Waals surface area (Å²) in [7, 11) is 0. The lowest BCUT2D eigenvalue weighted by molar-refractivity contribution is -0.104. The zero-order chi connectivity index (χ0) is 10.8. The Labute approximate surface area is 80.2 Å². The van der Waals surface area contributed by atoms with Gasteiger partial charge >= 0.3 is 0 Å². The first-order chi connectivity index (χ1) is 6.50. The maximum Gasteiger partial charge on any atom is 0.270 e. The molecule has 1 aromatic rings. The number of benzene rings is 1. The molecule has 1 nitrogen and oxygen atoms in total. The minimum absolute atomic E-state index is 0.0383. The monoisotopic (exact) mass is 204 g/mol. The first kappa shape index (κ1) is 11.0. The van der Waals surface area contributed by atoms with Crippen molar-refractivity contribution < 1.29 is 18.3 Å². The molecule has 0 aromatic heterocycles. The fourth-order valence-corrected chi connectivity index (χ4v) is 1.22. The van der Waals surface area contributed by atoms with E-state index in [0.29, 0.717) is 0 Å². The minimum Gasteiger partial charge on any atom is -0.379 e. The van der Waals surface area contributed by atoms with Gasteiger partial charge < -0.3 is 5.11 Å². The zero-order valence-electron chi connectivity index (χ0n) is 7.67. The summed E-state index contributed by atoms with van der Waals surface area (Å²) in [4.78, 5) is 0. The van der Waals surface area contributed by atoms with Crippen LogP contribution in [0, 0.1) is 5.82 Å². The van der Waals surface area contributed by atoms with Gasteiger partial charge in [-0.1, -0.05) is 19.1 Å². The highest BCUT2D eigenvalue weighted by Gasteiger charge is 2.37. The van der Waals surface area contributed by atoms with Crippen LogP contribution >= 0.6 is 0 Å². The van der Waals surface area contributed by atoms with Gasteiger partial charge in [0.25, 0.3) is 6.43 Å².